The Morgan fingerprint density at radius 2 is 1.96 bits per heavy atom. The van der Waals surface area contributed by atoms with Gasteiger partial charge in [-0.05, 0) is 24.3 Å². The van der Waals surface area contributed by atoms with E-state index in [9.17, 15) is 9.59 Å². The molecular formula is C20H18N4O4. The number of aromatic nitrogens is 2. The number of hydrogen-bond donors (Lipinski definition) is 2. The first-order chi connectivity index (χ1) is 13.7. The molecule has 1 atom stereocenters. The van der Waals surface area contributed by atoms with Gasteiger partial charge in [0, 0.05) is 30.1 Å². The smallest absolute Gasteiger partial charge is 0.229 e. The van der Waals surface area contributed by atoms with Crippen molar-refractivity contribution in [1.29, 1.82) is 0 Å². The molecule has 5 rings (SSSR count). The number of hydrogen-bond acceptors (Lipinski definition) is 5. The molecule has 0 saturated carbocycles. The molecule has 8 nitrogen and oxygen atoms in total. The van der Waals surface area contributed by atoms with Gasteiger partial charge in [-0.3, -0.25) is 19.6 Å². The lowest BCUT2D eigenvalue weighted by Crippen LogP contribution is -2.28. The lowest BCUT2D eigenvalue weighted by Gasteiger charge is -2.19. The van der Waals surface area contributed by atoms with Crippen LogP contribution in [0.25, 0.3) is 10.9 Å². The topological polar surface area (TPSA) is 96.5 Å². The molecule has 2 aromatic carbocycles. The van der Waals surface area contributed by atoms with Crippen LogP contribution in [0.4, 0.5) is 11.5 Å². The van der Waals surface area contributed by atoms with Crippen LogP contribution in [-0.4, -0.2) is 41.8 Å². The van der Waals surface area contributed by atoms with Gasteiger partial charge in [-0.25, -0.2) is 0 Å². The molecule has 2 aliphatic heterocycles. The number of amides is 2. The van der Waals surface area contributed by atoms with E-state index in [1.807, 2.05) is 24.3 Å². The monoisotopic (exact) mass is 378 g/mol. The second-order valence-electron chi connectivity index (χ2n) is 6.85. The fourth-order valence-electron chi connectivity index (χ4n) is 3.61. The van der Waals surface area contributed by atoms with Gasteiger partial charge in [-0.15, -0.1) is 0 Å². The molecule has 1 saturated heterocycles. The minimum atomic E-state index is -0.448. The molecule has 28 heavy (non-hydrogen) atoms. The van der Waals surface area contributed by atoms with E-state index in [4.69, 9.17) is 9.47 Å². The van der Waals surface area contributed by atoms with E-state index >= 15 is 0 Å². The number of H-pyrrole nitrogens is 1. The molecule has 3 aromatic rings. The van der Waals surface area contributed by atoms with E-state index in [0.29, 0.717) is 42.8 Å². The number of para-hydroxylation sites is 1. The van der Waals surface area contributed by atoms with Crippen molar-refractivity contribution >= 4 is 34.2 Å². The fourth-order valence-corrected chi connectivity index (χ4v) is 3.61. The van der Waals surface area contributed by atoms with Crippen molar-refractivity contribution in [2.75, 3.05) is 30.0 Å². The Morgan fingerprint density at radius 3 is 2.86 bits per heavy atom. The summed E-state index contributed by atoms with van der Waals surface area (Å²) < 4.78 is 11.0. The molecular weight excluding hydrogens is 360 g/mol. The lowest BCUT2D eigenvalue weighted by molar-refractivity contribution is -0.122. The van der Waals surface area contributed by atoms with Crippen LogP contribution in [0.1, 0.15) is 6.42 Å². The van der Waals surface area contributed by atoms with E-state index in [-0.39, 0.29) is 18.2 Å². The molecule has 8 heteroatoms. The maximum atomic E-state index is 12.7. The van der Waals surface area contributed by atoms with Gasteiger partial charge in [-0.1, -0.05) is 12.1 Å². The highest BCUT2D eigenvalue weighted by atomic mass is 16.6. The van der Waals surface area contributed by atoms with E-state index in [1.165, 1.54) is 0 Å². The third-order valence-electron chi connectivity index (χ3n) is 5.01. The maximum Gasteiger partial charge on any atom is 0.229 e. The number of benzene rings is 2. The van der Waals surface area contributed by atoms with E-state index in [1.54, 1.807) is 23.1 Å². The molecule has 2 aliphatic rings. The summed E-state index contributed by atoms with van der Waals surface area (Å²) in [5.74, 6) is 1.08. The number of aromatic amines is 1. The minimum absolute atomic E-state index is 0.112. The number of nitrogens with zero attached hydrogens (tertiary/aromatic N) is 2. The van der Waals surface area contributed by atoms with Crippen LogP contribution in [0.2, 0.25) is 0 Å². The molecule has 2 amide bonds. The average Bonchev–Trinajstić information content (AvgIpc) is 3.31. The van der Waals surface area contributed by atoms with E-state index in [2.05, 4.69) is 15.5 Å². The quantitative estimate of drug-likeness (QED) is 0.729. The largest absolute Gasteiger partial charge is 0.486 e. The molecule has 3 heterocycles. The third kappa shape index (κ3) is 2.83. The molecule has 0 aliphatic carbocycles. The normalized spacial score (nSPS) is 18.5. The summed E-state index contributed by atoms with van der Waals surface area (Å²) in [4.78, 5) is 26.8. The van der Waals surface area contributed by atoms with Gasteiger partial charge < -0.3 is 14.8 Å². The summed E-state index contributed by atoms with van der Waals surface area (Å²) in [7, 11) is 0. The van der Waals surface area contributed by atoms with E-state index < -0.39 is 5.92 Å². The Bertz CT molecular complexity index is 1080. The van der Waals surface area contributed by atoms with Gasteiger partial charge in [-0.2, -0.15) is 5.10 Å². The number of carbonyl (C=O) groups excluding carboxylic acids is 2. The van der Waals surface area contributed by atoms with E-state index in [0.717, 1.165) is 10.9 Å². The van der Waals surface area contributed by atoms with Crippen LogP contribution in [0.3, 0.4) is 0 Å². The summed E-state index contributed by atoms with van der Waals surface area (Å²) in [6, 6.07) is 12.9. The zero-order chi connectivity index (χ0) is 19.1. The molecule has 2 N–H and O–H groups in total. The van der Waals surface area contributed by atoms with Crippen LogP contribution in [-0.2, 0) is 9.59 Å². The molecule has 0 spiro atoms. The fraction of sp³-hybridized carbons (Fsp3) is 0.250. The molecule has 1 fully saturated rings. The van der Waals surface area contributed by atoms with Crippen molar-refractivity contribution in [2.24, 2.45) is 5.92 Å². The van der Waals surface area contributed by atoms with Crippen LogP contribution in [0, 0.1) is 5.92 Å². The predicted octanol–water partition coefficient (Wildman–Crippen LogP) is 2.33. The first kappa shape index (κ1) is 16.6. The number of nitrogens with one attached hydrogen (secondary N) is 2. The van der Waals surface area contributed by atoms with Crippen molar-refractivity contribution < 1.29 is 19.1 Å². The van der Waals surface area contributed by atoms with Crippen molar-refractivity contribution in [2.45, 2.75) is 6.42 Å². The highest BCUT2D eigenvalue weighted by molar-refractivity contribution is 6.07. The third-order valence-corrected chi connectivity index (χ3v) is 5.01. The second kappa shape index (κ2) is 6.56. The molecule has 0 radical (unpaired) electrons. The molecule has 142 valence electrons. The zero-order valence-electron chi connectivity index (χ0n) is 15.0. The lowest BCUT2D eigenvalue weighted by atomic mass is 10.1. The summed E-state index contributed by atoms with van der Waals surface area (Å²) in [6.45, 7) is 1.29. The number of anilines is 2. The van der Waals surface area contributed by atoms with Crippen molar-refractivity contribution in [3.8, 4) is 11.5 Å². The maximum absolute atomic E-state index is 12.7. The highest BCUT2D eigenvalue weighted by Gasteiger charge is 2.37. The van der Waals surface area contributed by atoms with Crippen molar-refractivity contribution in [3.63, 3.8) is 0 Å². The standard InChI is InChI=1S/C20H18N4O4/c25-18-9-12(11-24(18)19-14-3-1-2-4-15(14)22-23-19)20(26)21-13-5-6-16-17(10-13)28-8-7-27-16/h1-6,10,12H,7-9,11H2,(H,21,26)(H,22,23)/t12-/m0/s1. The van der Waals surface area contributed by atoms with Crippen molar-refractivity contribution in [3.05, 3.63) is 42.5 Å². The number of fused-ring (bicyclic) bond motifs is 2. The Kier molecular flexibility index (Phi) is 3.89. The van der Waals surface area contributed by atoms with Gasteiger partial charge in [0.05, 0.1) is 11.4 Å². The Labute approximate surface area is 160 Å². The van der Waals surface area contributed by atoms with Gasteiger partial charge in [0.15, 0.2) is 17.3 Å². The minimum Gasteiger partial charge on any atom is -0.486 e. The van der Waals surface area contributed by atoms with Crippen molar-refractivity contribution in [1.82, 2.24) is 10.2 Å². The summed E-state index contributed by atoms with van der Waals surface area (Å²) in [6.07, 6.45) is 0.150. The average molecular weight is 378 g/mol. The number of rotatable bonds is 3. The summed E-state index contributed by atoms with van der Waals surface area (Å²) in [5.41, 5.74) is 1.47. The van der Waals surface area contributed by atoms with Gasteiger partial charge >= 0.3 is 0 Å². The van der Waals surface area contributed by atoms with Crippen LogP contribution in [0.15, 0.2) is 42.5 Å². The molecule has 1 aromatic heterocycles. The Hall–Kier alpha value is -3.55. The highest BCUT2D eigenvalue weighted by Crippen LogP contribution is 2.34. The zero-order valence-corrected chi connectivity index (χ0v) is 15.0. The first-order valence-corrected chi connectivity index (χ1v) is 9.13. The summed E-state index contributed by atoms with van der Waals surface area (Å²) >= 11 is 0. The Balaban J connectivity index is 1.32. The Morgan fingerprint density at radius 1 is 1.14 bits per heavy atom. The summed E-state index contributed by atoms with van der Waals surface area (Å²) in [5, 5.41) is 10.9. The number of carbonyl (C=O) groups is 2. The SMILES string of the molecule is O=C(Nc1ccc2c(c1)OCCO2)[C@H]1CC(=O)N(c2n[nH]c3ccccc23)C1. The van der Waals surface area contributed by atoms with Gasteiger partial charge in [0.2, 0.25) is 11.8 Å². The first-order valence-electron chi connectivity index (χ1n) is 9.13. The number of ether oxygens (including phenoxy) is 2. The predicted molar refractivity (Wildman–Crippen MR) is 103 cm³/mol. The second-order valence-corrected chi connectivity index (χ2v) is 6.85. The van der Waals surface area contributed by atoms with Gasteiger partial charge in [0.25, 0.3) is 0 Å². The van der Waals surface area contributed by atoms with Crippen LogP contribution < -0.4 is 19.7 Å². The van der Waals surface area contributed by atoms with Gasteiger partial charge in [0.1, 0.15) is 13.2 Å². The van der Waals surface area contributed by atoms with Crippen LogP contribution >= 0.6 is 0 Å². The molecule has 0 unspecified atom stereocenters. The molecule has 0 bridgehead atoms. The van der Waals surface area contributed by atoms with Crippen LogP contribution in [0.5, 0.6) is 11.5 Å².